The van der Waals surface area contributed by atoms with Gasteiger partial charge < -0.3 is 18.9 Å². The maximum Gasteiger partial charge on any atom is 0.266 e. The van der Waals surface area contributed by atoms with Gasteiger partial charge >= 0.3 is 0 Å². The lowest BCUT2D eigenvalue weighted by Crippen LogP contribution is -2.44. The van der Waals surface area contributed by atoms with Crippen molar-refractivity contribution in [2.75, 3.05) is 45.3 Å². The third kappa shape index (κ3) is 4.06. The number of rotatable bonds is 6. The average molecular weight is 401 g/mol. The van der Waals surface area contributed by atoms with Crippen molar-refractivity contribution in [1.82, 2.24) is 15.0 Å². The Hall–Kier alpha value is -2.28. The van der Waals surface area contributed by atoms with E-state index >= 15 is 0 Å². The first-order chi connectivity index (χ1) is 14.0. The predicted octanol–water partition coefficient (Wildman–Crippen LogP) is 3.70. The van der Waals surface area contributed by atoms with Gasteiger partial charge in [0.25, 0.3) is 5.95 Å². The maximum atomic E-state index is 5.64. The number of para-hydroxylation sites is 1. The molecule has 0 unspecified atom stereocenters. The van der Waals surface area contributed by atoms with E-state index in [2.05, 4.69) is 39.9 Å². The van der Waals surface area contributed by atoms with E-state index in [0.717, 1.165) is 56.1 Å². The fraction of sp³-hybridized carbons (Fsp3) is 0.636. The monoisotopic (exact) mass is 400 g/mol. The molecule has 158 valence electrons. The lowest BCUT2D eigenvalue weighted by atomic mass is 9.79. The van der Waals surface area contributed by atoms with Crippen LogP contribution in [0.2, 0.25) is 0 Å². The van der Waals surface area contributed by atoms with E-state index in [-0.39, 0.29) is 5.92 Å². The molecule has 2 saturated heterocycles. The van der Waals surface area contributed by atoms with Crippen LogP contribution >= 0.6 is 0 Å². The van der Waals surface area contributed by atoms with Crippen molar-refractivity contribution in [1.29, 1.82) is 0 Å². The summed E-state index contributed by atoms with van der Waals surface area (Å²) in [7, 11) is 3.40. The molecular formula is C22H32N4O3. The van der Waals surface area contributed by atoms with Gasteiger partial charge in [-0.05, 0) is 37.0 Å². The lowest BCUT2D eigenvalue weighted by molar-refractivity contribution is 0.0982. The highest BCUT2D eigenvalue weighted by atomic mass is 16.5. The molecule has 1 spiro atoms. The van der Waals surface area contributed by atoms with Crippen molar-refractivity contribution < 1.29 is 14.0 Å². The van der Waals surface area contributed by atoms with Crippen LogP contribution in [0.4, 0.5) is 5.95 Å². The van der Waals surface area contributed by atoms with Gasteiger partial charge in [-0.3, -0.25) is 4.90 Å². The summed E-state index contributed by atoms with van der Waals surface area (Å²) in [6.07, 6.45) is 3.64. The second kappa shape index (κ2) is 8.22. The van der Waals surface area contributed by atoms with Crippen LogP contribution in [0.3, 0.4) is 0 Å². The van der Waals surface area contributed by atoms with Gasteiger partial charge in [0.15, 0.2) is 11.5 Å². The van der Waals surface area contributed by atoms with Crippen molar-refractivity contribution in [3.05, 3.63) is 29.7 Å². The van der Waals surface area contributed by atoms with Crippen molar-refractivity contribution in [3.63, 3.8) is 0 Å². The zero-order chi connectivity index (χ0) is 20.4. The molecule has 2 aromatic rings. The average Bonchev–Trinajstić information content (AvgIpc) is 3.36. The van der Waals surface area contributed by atoms with E-state index in [4.69, 9.17) is 14.0 Å². The first-order valence-electron chi connectivity index (χ1n) is 10.5. The largest absolute Gasteiger partial charge is 0.493 e. The molecule has 7 nitrogen and oxygen atoms in total. The minimum absolute atomic E-state index is 0.260. The number of methoxy groups -OCH3 is 2. The van der Waals surface area contributed by atoms with Crippen LogP contribution < -0.4 is 14.4 Å². The van der Waals surface area contributed by atoms with Crippen molar-refractivity contribution >= 4 is 5.95 Å². The van der Waals surface area contributed by atoms with E-state index in [1.165, 1.54) is 24.8 Å². The van der Waals surface area contributed by atoms with E-state index in [1.54, 1.807) is 14.2 Å². The highest BCUT2D eigenvalue weighted by molar-refractivity contribution is 5.46. The Morgan fingerprint density at radius 3 is 2.72 bits per heavy atom. The first-order valence-corrected chi connectivity index (χ1v) is 10.5. The van der Waals surface area contributed by atoms with Crippen LogP contribution in [0.25, 0.3) is 0 Å². The van der Waals surface area contributed by atoms with E-state index < -0.39 is 0 Å². The number of benzene rings is 1. The molecule has 1 aromatic carbocycles. The number of likely N-dealkylation sites (tertiary alicyclic amines) is 1. The fourth-order valence-corrected chi connectivity index (χ4v) is 4.79. The molecule has 0 saturated carbocycles. The SMILES string of the molecule is COc1cccc(CN2CCC[C@@]3(CCN(c4noc(C(C)C)n4)C3)C2)c1OC. The predicted molar refractivity (Wildman–Crippen MR) is 112 cm³/mol. The number of aromatic nitrogens is 2. The molecule has 0 aliphatic carbocycles. The molecule has 7 heteroatoms. The molecule has 1 aromatic heterocycles. The Kier molecular flexibility index (Phi) is 5.67. The Labute approximate surface area is 173 Å². The summed E-state index contributed by atoms with van der Waals surface area (Å²) in [5.74, 6) is 3.36. The lowest BCUT2D eigenvalue weighted by Gasteiger charge is -2.40. The Bertz CT molecular complexity index is 837. The second-order valence-electron chi connectivity index (χ2n) is 8.73. The van der Waals surface area contributed by atoms with Gasteiger partial charge in [0, 0.05) is 43.1 Å². The number of hydrogen-bond acceptors (Lipinski definition) is 7. The normalized spacial score (nSPS) is 22.6. The van der Waals surface area contributed by atoms with Gasteiger partial charge in [0.1, 0.15) is 0 Å². The maximum absolute atomic E-state index is 5.64. The number of hydrogen-bond donors (Lipinski definition) is 0. The van der Waals surface area contributed by atoms with Crippen molar-refractivity contribution in [2.24, 2.45) is 5.41 Å². The van der Waals surface area contributed by atoms with Gasteiger partial charge in [0.05, 0.1) is 14.2 Å². The number of ether oxygens (including phenoxy) is 2. The molecule has 2 fully saturated rings. The van der Waals surface area contributed by atoms with E-state index in [0.29, 0.717) is 5.41 Å². The van der Waals surface area contributed by atoms with Crippen LogP contribution in [-0.4, -0.2) is 55.4 Å². The van der Waals surface area contributed by atoms with Crippen LogP contribution in [0.5, 0.6) is 11.5 Å². The minimum Gasteiger partial charge on any atom is -0.493 e. The Balaban J connectivity index is 1.45. The molecule has 0 N–H and O–H groups in total. The number of nitrogens with zero attached hydrogens (tertiary/aromatic N) is 4. The molecule has 2 aliphatic rings. The quantitative estimate of drug-likeness (QED) is 0.732. The summed E-state index contributed by atoms with van der Waals surface area (Å²) in [4.78, 5) is 9.45. The zero-order valence-electron chi connectivity index (χ0n) is 18.0. The van der Waals surface area contributed by atoms with Gasteiger partial charge in [-0.2, -0.15) is 4.98 Å². The molecule has 3 heterocycles. The van der Waals surface area contributed by atoms with E-state index in [9.17, 15) is 0 Å². The van der Waals surface area contributed by atoms with Gasteiger partial charge in [0.2, 0.25) is 5.89 Å². The summed E-state index contributed by atoms with van der Waals surface area (Å²) in [6, 6.07) is 6.12. The topological polar surface area (TPSA) is 63.9 Å². The summed E-state index contributed by atoms with van der Waals surface area (Å²) in [5, 5.41) is 4.22. The van der Waals surface area contributed by atoms with Gasteiger partial charge in [-0.15, -0.1) is 0 Å². The Morgan fingerprint density at radius 1 is 1.14 bits per heavy atom. The highest BCUT2D eigenvalue weighted by Crippen LogP contribution is 2.41. The van der Waals surface area contributed by atoms with Crippen LogP contribution in [0.15, 0.2) is 22.7 Å². The highest BCUT2D eigenvalue weighted by Gasteiger charge is 2.42. The molecule has 1 atom stereocenters. The van der Waals surface area contributed by atoms with Crippen LogP contribution in [0, 0.1) is 5.41 Å². The summed E-state index contributed by atoms with van der Waals surface area (Å²) in [5.41, 5.74) is 1.47. The molecule has 0 radical (unpaired) electrons. The summed E-state index contributed by atoms with van der Waals surface area (Å²) >= 11 is 0. The fourth-order valence-electron chi connectivity index (χ4n) is 4.79. The van der Waals surface area contributed by atoms with Crippen LogP contribution in [0.1, 0.15) is 50.5 Å². The third-order valence-corrected chi connectivity index (χ3v) is 6.26. The first kappa shape index (κ1) is 20.0. The molecular weight excluding hydrogens is 368 g/mol. The minimum atomic E-state index is 0.260. The smallest absolute Gasteiger partial charge is 0.266 e. The van der Waals surface area contributed by atoms with Gasteiger partial charge in [-0.25, -0.2) is 0 Å². The number of anilines is 1. The van der Waals surface area contributed by atoms with Gasteiger partial charge in [-0.1, -0.05) is 26.0 Å². The molecule has 0 amide bonds. The standard InChI is InChI=1S/C22H32N4O3/c1-16(2)20-23-21(24-29-20)26-12-10-22(15-26)9-6-11-25(14-22)13-17-7-5-8-18(27-3)19(17)28-4/h5,7-8,16H,6,9-15H2,1-4H3/t22-/m1/s1. The summed E-state index contributed by atoms with van der Waals surface area (Å²) in [6.45, 7) is 9.22. The zero-order valence-corrected chi connectivity index (χ0v) is 18.0. The number of piperidine rings is 1. The second-order valence-corrected chi connectivity index (χ2v) is 8.73. The van der Waals surface area contributed by atoms with Crippen molar-refractivity contribution in [3.8, 4) is 11.5 Å². The third-order valence-electron chi connectivity index (χ3n) is 6.26. The molecule has 0 bridgehead atoms. The summed E-state index contributed by atoms with van der Waals surface area (Å²) < 4.78 is 16.5. The van der Waals surface area contributed by atoms with Crippen LogP contribution in [-0.2, 0) is 6.54 Å². The molecule has 2 aliphatic heterocycles. The molecule has 4 rings (SSSR count). The molecule has 29 heavy (non-hydrogen) atoms. The van der Waals surface area contributed by atoms with E-state index in [1.807, 2.05) is 12.1 Å². The van der Waals surface area contributed by atoms with Crippen molar-refractivity contribution in [2.45, 2.75) is 45.6 Å². The Morgan fingerprint density at radius 2 is 2.00 bits per heavy atom.